The third-order valence-corrected chi connectivity index (χ3v) is 4.10. The molecular formula is C15H20N2O4. The number of hydrogen-bond donors (Lipinski definition) is 2. The second kappa shape index (κ2) is 6.11. The van der Waals surface area contributed by atoms with Crippen LogP contribution in [0.4, 0.5) is 5.69 Å². The highest BCUT2D eigenvalue weighted by Crippen LogP contribution is 2.44. The molecule has 2 rings (SSSR count). The van der Waals surface area contributed by atoms with Gasteiger partial charge in [-0.25, -0.2) is 0 Å². The molecule has 0 unspecified atom stereocenters. The lowest BCUT2D eigenvalue weighted by Gasteiger charge is -2.26. The zero-order valence-corrected chi connectivity index (χ0v) is 12.1. The van der Waals surface area contributed by atoms with E-state index in [1.165, 1.54) is 10.6 Å². The van der Waals surface area contributed by atoms with Gasteiger partial charge in [0.05, 0.1) is 12.1 Å². The maximum absolute atomic E-state index is 12.2. The summed E-state index contributed by atoms with van der Waals surface area (Å²) in [5, 5.41) is 11.8. The lowest BCUT2D eigenvalue weighted by atomic mass is 9.79. The summed E-state index contributed by atoms with van der Waals surface area (Å²) in [4.78, 5) is 34.5. The second-order valence-corrected chi connectivity index (χ2v) is 5.87. The molecule has 0 atom stereocenters. The molecule has 0 aromatic carbocycles. The largest absolute Gasteiger partial charge is 0.481 e. The first kappa shape index (κ1) is 15.3. The number of pyridine rings is 1. The van der Waals surface area contributed by atoms with Gasteiger partial charge in [0.25, 0.3) is 0 Å². The zero-order valence-electron chi connectivity index (χ0n) is 12.1. The van der Waals surface area contributed by atoms with Gasteiger partial charge in [0.15, 0.2) is 0 Å². The molecule has 1 aromatic rings. The standard InChI is InChI=1S/C15H20N2O4/c1-17-10-11(4-5-13(17)19)16-12(18)8-15(9-14(20)21)6-2-3-7-15/h4-5,10H,2-3,6-9H2,1H3,(H,16,18)(H,20,21). The number of carbonyl (C=O) groups is 2. The van der Waals surface area contributed by atoms with E-state index in [9.17, 15) is 14.4 Å². The Balaban J connectivity index is 2.04. The Morgan fingerprint density at radius 1 is 1.29 bits per heavy atom. The van der Waals surface area contributed by atoms with Crippen LogP contribution in [0.3, 0.4) is 0 Å². The smallest absolute Gasteiger partial charge is 0.303 e. The number of aromatic nitrogens is 1. The second-order valence-electron chi connectivity index (χ2n) is 5.87. The molecule has 1 aromatic heterocycles. The van der Waals surface area contributed by atoms with E-state index in [2.05, 4.69) is 5.32 Å². The van der Waals surface area contributed by atoms with Crippen LogP contribution >= 0.6 is 0 Å². The normalized spacial score (nSPS) is 16.6. The van der Waals surface area contributed by atoms with E-state index >= 15 is 0 Å². The van der Waals surface area contributed by atoms with Crippen molar-refractivity contribution >= 4 is 17.6 Å². The van der Waals surface area contributed by atoms with Crippen molar-refractivity contribution in [3.63, 3.8) is 0 Å². The van der Waals surface area contributed by atoms with Crippen LogP contribution < -0.4 is 10.9 Å². The summed E-state index contributed by atoms with van der Waals surface area (Å²) in [6.45, 7) is 0. The lowest BCUT2D eigenvalue weighted by molar-refractivity contribution is -0.140. The van der Waals surface area contributed by atoms with Gasteiger partial charge in [-0.3, -0.25) is 14.4 Å². The van der Waals surface area contributed by atoms with Crippen molar-refractivity contribution in [2.75, 3.05) is 5.32 Å². The number of carboxylic acid groups (broad SMARTS) is 1. The molecule has 0 spiro atoms. The molecule has 1 amide bonds. The molecule has 1 fully saturated rings. The summed E-state index contributed by atoms with van der Waals surface area (Å²) in [7, 11) is 1.61. The summed E-state index contributed by atoms with van der Waals surface area (Å²) < 4.78 is 1.39. The molecule has 1 aliphatic rings. The molecule has 1 heterocycles. The topological polar surface area (TPSA) is 88.4 Å². The van der Waals surface area contributed by atoms with Crippen molar-refractivity contribution in [2.45, 2.75) is 38.5 Å². The third-order valence-electron chi connectivity index (χ3n) is 4.10. The van der Waals surface area contributed by atoms with Gasteiger partial charge in [0.1, 0.15) is 0 Å². The molecule has 6 heteroatoms. The third kappa shape index (κ3) is 3.93. The molecule has 21 heavy (non-hydrogen) atoms. The van der Waals surface area contributed by atoms with Crippen LogP contribution in [0.25, 0.3) is 0 Å². The van der Waals surface area contributed by atoms with Crippen LogP contribution in [0.5, 0.6) is 0 Å². The number of nitrogens with zero attached hydrogens (tertiary/aromatic N) is 1. The van der Waals surface area contributed by atoms with Gasteiger partial charge in [-0.15, -0.1) is 0 Å². The van der Waals surface area contributed by atoms with E-state index < -0.39 is 11.4 Å². The maximum atomic E-state index is 12.2. The highest BCUT2D eigenvalue weighted by Gasteiger charge is 2.37. The van der Waals surface area contributed by atoms with Gasteiger partial charge in [-0.1, -0.05) is 12.8 Å². The molecule has 1 aliphatic carbocycles. The van der Waals surface area contributed by atoms with Crippen LogP contribution in [0.1, 0.15) is 38.5 Å². The van der Waals surface area contributed by atoms with E-state index in [4.69, 9.17) is 5.11 Å². The summed E-state index contributed by atoms with van der Waals surface area (Å²) in [5.74, 6) is -1.05. The Bertz CT molecular complexity index is 600. The fourth-order valence-corrected chi connectivity index (χ4v) is 3.08. The maximum Gasteiger partial charge on any atom is 0.303 e. The van der Waals surface area contributed by atoms with Gasteiger partial charge >= 0.3 is 5.97 Å². The van der Waals surface area contributed by atoms with Crippen LogP contribution in [0.15, 0.2) is 23.1 Å². The first-order valence-corrected chi connectivity index (χ1v) is 7.09. The first-order valence-electron chi connectivity index (χ1n) is 7.09. The van der Waals surface area contributed by atoms with E-state index in [-0.39, 0.29) is 24.3 Å². The Hall–Kier alpha value is -2.11. The molecule has 1 saturated carbocycles. The van der Waals surface area contributed by atoms with Crippen molar-refractivity contribution < 1.29 is 14.7 Å². The molecule has 0 bridgehead atoms. The monoisotopic (exact) mass is 292 g/mol. The predicted octanol–water partition coefficient (Wildman–Crippen LogP) is 1.75. The van der Waals surface area contributed by atoms with Crippen molar-refractivity contribution in [1.29, 1.82) is 0 Å². The first-order chi connectivity index (χ1) is 9.90. The van der Waals surface area contributed by atoms with Crippen molar-refractivity contribution in [1.82, 2.24) is 4.57 Å². The van der Waals surface area contributed by atoms with Crippen LogP contribution in [-0.2, 0) is 16.6 Å². The summed E-state index contributed by atoms with van der Waals surface area (Å²) in [5.41, 5.74) is -0.0203. The van der Waals surface area contributed by atoms with E-state index in [0.717, 1.165) is 25.7 Å². The highest BCUT2D eigenvalue weighted by molar-refractivity contribution is 5.91. The van der Waals surface area contributed by atoms with Crippen LogP contribution in [0.2, 0.25) is 0 Å². The predicted molar refractivity (Wildman–Crippen MR) is 78.1 cm³/mol. The minimum Gasteiger partial charge on any atom is -0.481 e. The number of nitrogens with one attached hydrogen (secondary N) is 1. The summed E-state index contributed by atoms with van der Waals surface area (Å²) in [6.07, 6.45) is 5.30. The summed E-state index contributed by atoms with van der Waals surface area (Å²) in [6, 6.07) is 2.94. The number of carbonyl (C=O) groups excluding carboxylic acids is 1. The molecule has 114 valence electrons. The van der Waals surface area contributed by atoms with Gasteiger partial charge in [0, 0.05) is 25.7 Å². The fourth-order valence-electron chi connectivity index (χ4n) is 3.08. The lowest BCUT2D eigenvalue weighted by Crippen LogP contribution is -2.28. The number of rotatable bonds is 5. The van der Waals surface area contributed by atoms with Gasteiger partial charge in [0.2, 0.25) is 11.5 Å². The average molecular weight is 292 g/mol. The van der Waals surface area contributed by atoms with Crippen molar-refractivity contribution in [3.8, 4) is 0 Å². The minimum absolute atomic E-state index is 0.0354. The molecule has 0 aliphatic heterocycles. The number of anilines is 1. The Kier molecular flexibility index (Phi) is 4.45. The fraction of sp³-hybridized carbons (Fsp3) is 0.533. The molecular weight excluding hydrogens is 272 g/mol. The average Bonchev–Trinajstić information content (AvgIpc) is 2.80. The SMILES string of the molecule is Cn1cc(NC(=O)CC2(CC(=O)O)CCCC2)ccc1=O. The van der Waals surface area contributed by atoms with Gasteiger partial charge in [-0.2, -0.15) is 0 Å². The number of aliphatic carboxylic acids is 1. The van der Waals surface area contributed by atoms with Crippen LogP contribution in [0, 0.1) is 5.41 Å². The van der Waals surface area contributed by atoms with Crippen LogP contribution in [-0.4, -0.2) is 21.6 Å². The van der Waals surface area contributed by atoms with Gasteiger partial charge in [-0.05, 0) is 24.3 Å². The zero-order chi connectivity index (χ0) is 15.5. The number of aryl methyl sites for hydroxylation is 1. The molecule has 0 saturated heterocycles. The van der Waals surface area contributed by atoms with Gasteiger partial charge < -0.3 is 15.0 Å². The molecule has 0 radical (unpaired) electrons. The number of carboxylic acids is 1. The van der Waals surface area contributed by atoms with E-state index in [1.807, 2.05) is 0 Å². The Morgan fingerprint density at radius 2 is 1.95 bits per heavy atom. The quantitative estimate of drug-likeness (QED) is 0.865. The Morgan fingerprint density at radius 3 is 2.52 bits per heavy atom. The van der Waals surface area contributed by atoms with E-state index in [1.54, 1.807) is 19.3 Å². The van der Waals surface area contributed by atoms with Crippen molar-refractivity contribution in [2.24, 2.45) is 12.5 Å². The molecule has 6 nitrogen and oxygen atoms in total. The number of amides is 1. The highest BCUT2D eigenvalue weighted by atomic mass is 16.4. The van der Waals surface area contributed by atoms with E-state index in [0.29, 0.717) is 5.69 Å². The Labute approximate surface area is 122 Å². The van der Waals surface area contributed by atoms with Crippen molar-refractivity contribution in [3.05, 3.63) is 28.7 Å². The number of hydrogen-bond acceptors (Lipinski definition) is 3. The summed E-state index contributed by atoms with van der Waals surface area (Å²) >= 11 is 0. The minimum atomic E-state index is -0.855. The molecule has 2 N–H and O–H groups in total.